The molecule has 0 bridgehead atoms. The molecule has 1 rings (SSSR count). The predicted octanol–water partition coefficient (Wildman–Crippen LogP) is 1.05. The zero-order valence-electron chi connectivity index (χ0n) is 7.99. The van der Waals surface area contributed by atoms with Crippen molar-refractivity contribution in [2.24, 2.45) is 5.92 Å². The Hall–Kier alpha value is 0.270. The monoisotopic (exact) mass is 189 g/mol. The summed E-state index contributed by atoms with van der Waals surface area (Å²) in [6.45, 7) is 2.23. The van der Waals surface area contributed by atoms with E-state index in [4.69, 9.17) is 0 Å². The molecule has 0 spiro atoms. The Morgan fingerprint density at radius 1 is 1.67 bits per heavy atom. The molecule has 1 fully saturated rings. The van der Waals surface area contributed by atoms with Gasteiger partial charge >= 0.3 is 0 Å². The summed E-state index contributed by atoms with van der Waals surface area (Å²) in [4.78, 5) is 2.30. The summed E-state index contributed by atoms with van der Waals surface area (Å²) in [5.41, 5.74) is 0. The summed E-state index contributed by atoms with van der Waals surface area (Å²) in [6, 6.07) is 0. The van der Waals surface area contributed by atoms with E-state index < -0.39 is 0 Å². The highest BCUT2D eigenvalue weighted by atomic mass is 32.2. The van der Waals surface area contributed by atoms with Crippen LogP contribution in [0.2, 0.25) is 0 Å². The van der Waals surface area contributed by atoms with Crippen molar-refractivity contribution in [3.8, 4) is 0 Å². The average molecular weight is 189 g/mol. The molecule has 2 nitrogen and oxygen atoms in total. The first kappa shape index (κ1) is 10.4. The lowest BCUT2D eigenvalue weighted by Gasteiger charge is -2.17. The van der Waals surface area contributed by atoms with Crippen molar-refractivity contribution < 1.29 is 5.11 Å². The third-order valence-electron chi connectivity index (χ3n) is 2.59. The van der Waals surface area contributed by atoms with Gasteiger partial charge in [-0.1, -0.05) is 0 Å². The van der Waals surface area contributed by atoms with Crippen molar-refractivity contribution in [1.82, 2.24) is 4.90 Å². The number of aliphatic hydroxyl groups excluding tert-OH is 1. The highest BCUT2D eigenvalue weighted by molar-refractivity contribution is 7.98. The van der Waals surface area contributed by atoms with Gasteiger partial charge in [-0.25, -0.2) is 0 Å². The molecule has 0 aromatic heterocycles. The number of nitrogens with zero attached hydrogens (tertiary/aromatic N) is 1. The lowest BCUT2D eigenvalue weighted by molar-refractivity contribution is 0.109. The number of hydrogen-bond acceptors (Lipinski definition) is 3. The van der Waals surface area contributed by atoms with Crippen molar-refractivity contribution in [3.63, 3.8) is 0 Å². The van der Waals surface area contributed by atoms with Gasteiger partial charge in [0, 0.05) is 6.54 Å². The van der Waals surface area contributed by atoms with Crippen LogP contribution >= 0.6 is 11.8 Å². The van der Waals surface area contributed by atoms with Crippen LogP contribution in [-0.2, 0) is 0 Å². The maximum absolute atomic E-state index is 9.76. The molecule has 1 N–H and O–H groups in total. The van der Waals surface area contributed by atoms with Crippen molar-refractivity contribution in [2.45, 2.75) is 18.9 Å². The Kier molecular flexibility index (Phi) is 4.40. The largest absolute Gasteiger partial charge is 0.393 e. The van der Waals surface area contributed by atoms with E-state index in [-0.39, 0.29) is 6.10 Å². The van der Waals surface area contributed by atoms with Crippen molar-refractivity contribution in [1.29, 1.82) is 0 Å². The number of likely N-dealkylation sites (tertiary alicyclic amines) is 1. The smallest absolute Gasteiger partial charge is 0.0588 e. The molecule has 0 aromatic rings. The topological polar surface area (TPSA) is 23.5 Å². The zero-order chi connectivity index (χ0) is 8.97. The molecule has 2 unspecified atom stereocenters. The van der Waals surface area contributed by atoms with E-state index in [0.717, 1.165) is 25.3 Å². The number of rotatable bonds is 4. The molecular formula is C9H19NOS. The molecule has 0 aromatic carbocycles. The molecule has 1 aliphatic heterocycles. The number of aliphatic hydroxyl groups is 1. The molecule has 1 heterocycles. The first-order valence-electron chi connectivity index (χ1n) is 4.59. The van der Waals surface area contributed by atoms with Gasteiger partial charge in [0.05, 0.1) is 6.10 Å². The van der Waals surface area contributed by atoms with Gasteiger partial charge in [-0.05, 0) is 44.4 Å². The summed E-state index contributed by atoms with van der Waals surface area (Å²) in [6.07, 6.45) is 4.15. The average Bonchev–Trinajstić information content (AvgIpc) is 2.47. The van der Waals surface area contributed by atoms with Crippen molar-refractivity contribution in [3.05, 3.63) is 0 Å². The minimum Gasteiger partial charge on any atom is -0.393 e. The molecule has 0 radical (unpaired) electrons. The van der Waals surface area contributed by atoms with E-state index in [0.29, 0.717) is 5.92 Å². The predicted molar refractivity (Wildman–Crippen MR) is 54.6 cm³/mol. The van der Waals surface area contributed by atoms with E-state index in [2.05, 4.69) is 18.2 Å². The molecule has 72 valence electrons. The second-order valence-corrected chi connectivity index (χ2v) is 4.65. The molecule has 1 aliphatic rings. The van der Waals surface area contributed by atoms with E-state index in [1.165, 1.54) is 6.42 Å². The fraction of sp³-hybridized carbons (Fsp3) is 1.00. The van der Waals surface area contributed by atoms with Crippen LogP contribution in [0.1, 0.15) is 12.8 Å². The van der Waals surface area contributed by atoms with Gasteiger partial charge in [0.25, 0.3) is 0 Å². The lowest BCUT2D eigenvalue weighted by atomic mass is 10.00. The van der Waals surface area contributed by atoms with Crippen LogP contribution in [0.25, 0.3) is 0 Å². The molecule has 3 heteroatoms. The first-order valence-corrected chi connectivity index (χ1v) is 5.99. The van der Waals surface area contributed by atoms with Gasteiger partial charge in [-0.3, -0.25) is 0 Å². The van der Waals surface area contributed by atoms with E-state index in [1.807, 2.05) is 11.8 Å². The fourth-order valence-electron chi connectivity index (χ4n) is 1.76. The van der Waals surface area contributed by atoms with Crippen LogP contribution in [0.5, 0.6) is 0 Å². The maximum atomic E-state index is 9.76. The van der Waals surface area contributed by atoms with Crippen LogP contribution in [-0.4, -0.2) is 48.3 Å². The normalized spacial score (nSPS) is 27.8. The molecule has 0 saturated carbocycles. The number of hydrogen-bond donors (Lipinski definition) is 1. The fourth-order valence-corrected chi connectivity index (χ4v) is 2.23. The van der Waals surface area contributed by atoms with Gasteiger partial charge in [-0.15, -0.1) is 0 Å². The van der Waals surface area contributed by atoms with Crippen LogP contribution < -0.4 is 0 Å². The van der Waals surface area contributed by atoms with Gasteiger partial charge in [0.15, 0.2) is 0 Å². The Balaban J connectivity index is 2.18. The Labute approximate surface area is 79.3 Å². The third kappa shape index (κ3) is 2.96. The second-order valence-electron chi connectivity index (χ2n) is 3.66. The maximum Gasteiger partial charge on any atom is 0.0588 e. The Morgan fingerprint density at radius 3 is 2.92 bits per heavy atom. The standard InChI is InChI=1S/C9H19NOS/c1-10-5-3-8(7-10)9(11)4-6-12-2/h8-9,11H,3-7H2,1-2H3. The summed E-state index contributed by atoms with van der Waals surface area (Å²) in [5, 5.41) is 9.76. The van der Waals surface area contributed by atoms with Gasteiger partial charge < -0.3 is 10.0 Å². The van der Waals surface area contributed by atoms with Gasteiger partial charge in [0.2, 0.25) is 0 Å². The van der Waals surface area contributed by atoms with Crippen molar-refractivity contribution in [2.75, 3.05) is 32.1 Å². The van der Waals surface area contributed by atoms with Crippen LogP contribution in [0.15, 0.2) is 0 Å². The second kappa shape index (κ2) is 5.10. The lowest BCUT2D eigenvalue weighted by Crippen LogP contribution is -2.24. The minimum atomic E-state index is -0.0672. The highest BCUT2D eigenvalue weighted by Gasteiger charge is 2.25. The van der Waals surface area contributed by atoms with Crippen LogP contribution in [0.3, 0.4) is 0 Å². The number of thioether (sulfide) groups is 1. The summed E-state index contributed by atoms with van der Waals surface area (Å²) in [7, 11) is 2.13. The molecular weight excluding hydrogens is 170 g/mol. The molecule has 0 aliphatic carbocycles. The summed E-state index contributed by atoms with van der Waals surface area (Å²) >= 11 is 1.82. The third-order valence-corrected chi connectivity index (χ3v) is 3.23. The quantitative estimate of drug-likeness (QED) is 0.715. The minimum absolute atomic E-state index is 0.0672. The molecule has 0 amide bonds. The zero-order valence-corrected chi connectivity index (χ0v) is 8.81. The van der Waals surface area contributed by atoms with E-state index in [1.54, 1.807) is 0 Å². The molecule has 12 heavy (non-hydrogen) atoms. The Bertz CT molecular complexity index is 132. The highest BCUT2D eigenvalue weighted by Crippen LogP contribution is 2.20. The van der Waals surface area contributed by atoms with Gasteiger partial charge in [-0.2, -0.15) is 11.8 Å². The van der Waals surface area contributed by atoms with Crippen LogP contribution in [0, 0.1) is 5.92 Å². The SMILES string of the molecule is CSCCC(O)C1CCN(C)C1. The van der Waals surface area contributed by atoms with E-state index >= 15 is 0 Å². The molecule has 2 atom stereocenters. The summed E-state index contributed by atoms with van der Waals surface area (Å²) < 4.78 is 0. The van der Waals surface area contributed by atoms with Crippen LogP contribution in [0.4, 0.5) is 0 Å². The summed E-state index contributed by atoms with van der Waals surface area (Å²) in [5.74, 6) is 1.61. The van der Waals surface area contributed by atoms with Crippen molar-refractivity contribution >= 4 is 11.8 Å². The van der Waals surface area contributed by atoms with E-state index in [9.17, 15) is 5.11 Å². The first-order chi connectivity index (χ1) is 5.74. The van der Waals surface area contributed by atoms with Gasteiger partial charge in [0.1, 0.15) is 0 Å². The Morgan fingerprint density at radius 2 is 2.42 bits per heavy atom. The molecule has 1 saturated heterocycles.